The van der Waals surface area contributed by atoms with Gasteiger partial charge in [0.05, 0.1) is 18.6 Å². The van der Waals surface area contributed by atoms with Gasteiger partial charge in [0, 0.05) is 12.3 Å². The lowest BCUT2D eigenvalue weighted by Gasteiger charge is -2.08. The topological polar surface area (TPSA) is 131 Å². The van der Waals surface area contributed by atoms with Gasteiger partial charge in [0.2, 0.25) is 0 Å². The van der Waals surface area contributed by atoms with Gasteiger partial charge in [-0.15, -0.1) is 25.5 Å². The van der Waals surface area contributed by atoms with E-state index in [0.717, 1.165) is 5.82 Å². The zero-order valence-corrected chi connectivity index (χ0v) is 14.1. The van der Waals surface area contributed by atoms with Gasteiger partial charge in [0.1, 0.15) is 6.33 Å². The van der Waals surface area contributed by atoms with Crippen LogP contribution < -0.4 is 0 Å². The summed E-state index contributed by atoms with van der Waals surface area (Å²) in [5, 5.41) is 36.2. The minimum atomic E-state index is -0.0381. The standard InChI is InChI=1S/C12H20N12/c1-8(2)12-15-19-23(17-12)6-10(4)24-16-11(14-20-24)5-9(3)22-7-13-18-21-22/h7-10H,5-6H2,1-4H3. The Labute approximate surface area is 138 Å². The van der Waals surface area contributed by atoms with Crippen molar-refractivity contribution < 1.29 is 0 Å². The van der Waals surface area contributed by atoms with Crippen molar-refractivity contribution in [3.63, 3.8) is 0 Å². The van der Waals surface area contributed by atoms with Gasteiger partial charge in [-0.05, 0) is 34.7 Å². The minimum Gasteiger partial charge on any atom is -0.229 e. The van der Waals surface area contributed by atoms with Gasteiger partial charge in [-0.3, -0.25) is 0 Å². The lowest BCUT2D eigenvalue weighted by atomic mass is 10.2. The van der Waals surface area contributed by atoms with Crippen LogP contribution in [0.3, 0.4) is 0 Å². The number of nitrogens with zero attached hydrogens (tertiary/aromatic N) is 12. The Morgan fingerprint density at radius 3 is 2.46 bits per heavy atom. The Morgan fingerprint density at radius 2 is 1.79 bits per heavy atom. The summed E-state index contributed by atoms with van der Waals surface area (Å²) >= 11 is 0. The highest BCUT2D eigenvalue weighted by Gasteiger charge is 2.16. The second kappa shape index (κ2) is 6.76. The van der Waals surface area contributed by atoms with Crippen LogP contribution in [-0.4, -0.2) is 60.6 Å². The molecular weight excluding hydrogens is 312 g/mol. The Balaban J connectivity index is 1.61. The molecule has 2 unspecified atom stereocenters. The first-order chi connectivity index (χ1) is 11.5. The van der Waals surface area contributed by atoms with Crippen LogP contribution in [0.5, 0.6) is 0 Å². The van der Waals surface area contributed by atoms with Gasteiger partial charge in [0.15, 0.2) is 11.6 Å². The molecule has 12 nitrogen and oxygen atoms in total. The van der Waals surface area contributed by atoms with Crippen LogP contribution in [0.2, 0.25) is 0 Å². The van der Waals surface area contributed by atoms with Crippen molar-refractivity contribution in [3.8, 4) is 0 Å². The van der Waals surface area contributed by atoms with E-state index in [0.29, 0.717) is 18.8 Å². The highest BCUT2D eigenvalue weighted by Crippen LogP contribution is 2.10. The zero-order chi connectivity index (χ0) is 17.1. The predicted molar refractivity (Wildman–Crippen MR) is 80.7 cm³/mol. The monoisotopic (exact) mass is 332 g/mol. The average Bonchev–Trinajstić information content (AvgIpc) is 3.28. The smallest absolute Gasteiger partial charge is 0.177 e. The molecule has 0 N–H and O–H groups in total. The summed E-state index contributed by atoms with van der Waals surface area (Å²) in [6.45, 7) is 8.56. The molecule has 0 bridgehead atoms. The van der Waals surface area contributed by atoms with Gasteiger partial charge >= 0.3 is 0 Å². The van der Waals surface area contributed by atoms with E-state index in [-0.39, 0.29) is 18.0 Å². The quantitative estimate of drug-likeness (QED) is 0.578. The number of hydrogen-bond acceptors (Lipinski definition) is 9. The lowest BCUT2D eigenvalue weighted by molar-refractivity contribution is 0.337. The summed E-state index contributed by atoms with van der Waals surface area (Å²) in [7, 11) is 0. The Hall–Kier alpha value is -2.79. The molecule has 0 fully saturated rings. The molecule has 0 radical (unpaired) electrons. The molecule has 0 spiro atoms. The van der Waals surface area contributed by atoms with Gasteiger partial charge in [-0.25, -0.2) is 4.68 Å². The molecule has 0 aliphatic carbocycles. The molecule has 3 aromatic rings. The third-order valence-corrected chi connectivity index (χ3v) is 3.57. The fraction of sp³-hybridized carbons (Fsp3) is 0.750. The Kier molecular flexibility index (Phi) is 4.53. The molecule has 0 aliphatic rings. The van der Waals surface area contributed by atoms with Gasteiger partial charge in [0.25, 0.3) is 0 Å². The maximum Gasteiger partial charge on any atom is 0.177 e. The molecule has 3 rings (SSSR count). The third kappa shape index (κ3) is 3.58. The maximum absolute atomic E-state index is 4.42. The van der Waals surface area contributed by atoms with Gasteiger partial charge in [-0.1, -0.05) is 13.8 Å². The minimum absolute atomic E-state index is 0.0381. The van der Waals surface area contributed by atoms with E-state index in [4.69, 9.17) is 0 Å². The highest BCUT2D eigenvalue weighted by atomic mass is 15.6. The molecule has 128 valence electrons. The van der Waals surface area contributed by atoms with Crippen molar-refractivity contribution in [1.82, 2.24) is 60.6 Å². The molecule has 3 heterocycles. The summed E-state index contributed by atoms with van der Waals surface area (Å²) in [5.74, 6) is 1.61. The summed E-state index contributed by atoms with van der Waals surface area (Å²) in [6.07, 6.45) is 2.16. The highest BCUT2D eigenvalue weighted by molar-refractivity contribution is 4.85. The lowest BCUT2D eigenvalue weighted by Crippen LogP contribution is -2.18. The van der Waals surface area contributed by atoms with E-state index in [1.54, 1.807) is 20.6 Å². The molecule has 0 amide bonds. The first kappa shape index (κ1) is 16.1. The van der Waals surface area contributed by atoms with E-state index in [1.807, 2.05) is 27.7 Å². The Bertz CT molecular complexity index is 757. The fourth-order valence-corrected chi connectivity index (χ4v) is 2.13. The Morgan fingerprint density at radius 1 is 0.958 bits per heavy atom. The largest absolute Gasteiger partial charge is 0.229 e. The van der Waals surface area contributed by atoms with E-state index in [9.17, 15) is 0 Å². The van der Waals surface area contributed by atoms with Crippen LogP contribution in [0.4, 0.5) is 0 Å². The summed E-state index contributed by atoms with van der Waals surface area (Å²) < 4.78 is 1.66. The molecule has 0 saturated heterocycles. The zero-order valence-electron chi connectivity index (χ0n) is 14.1. The molecule has 0 aliphatic heterocycles. The van der Waals surface area contributed by atoms with Crippen molar-refractivity contribution in [1.29, 1.82) is 0 Å². The van der Waals surface area contributed by atoms with Crippen molar-refractivity contribution in [3.05, 3.63) is 18.0 Å². The summed E-state index contributed by atoms with van der Waals surface area (Å²) in [5.41, 5.74) is 0. The second-order valence-corrected chi connectivity index (χ2v) is 6.08. The van der Waals surface area contributed by atoms with E-state index >= 15 is 0 Å². The molecule has 2 atom stereocenters. The number of tetrazole rings is 3. The molecule has 0 saturated carbocycles. The normalized spacial score (nSPS) is 14.2. The number of rotatable bonds is 7. The first-order valence-electron chi connectivity index (χ1n) is 7.81. The fourth-order valence-electron chi connectivity index (χ4n) is 2.13. The van der Waals surface area contributed by atoms with Gasteiger partial charge < -0.3 is 0 Å². The van der Waals surface area contributed by atoms with Crippen LogP contribution in [0.25, 0.3) is 0 Å². The number of hydrogen-bond donors (Lipinski definition) is 0. The van der Waals surface area contributed by atoms with Crippen molar-refractivity contribution in [2.24, 2.45) is 0 Å². The van der Waals surface area contributed by atoms with Crippen LogP contribution in [0, 0.1) is 0 Å². The van der Waals surface area contributed by atoms with Crippen LogP contribution in [-0.2, 0) is 13.0 Å². The van der Waals surface area contributed by atoms with Crippen molar-refractivity contribution in [2.75, 3.05) is 0 Å². The summed E-state index contributed by atoms with van der Waals surface area (Å²) in [6, 6.07) is 0.0161. The SMILES string of the molecule is CC(C)c1nnn(CC(C)n2nnc(CC(C)n3cnnn3)n2)n1. The maximum atomic E-state index is 4.42. The van der Waals surface area contributed by atoms with E-state index in [1.165, 1.54) is 0 Å². The molecule has 0 aromatic carbocycles. The van der Waals surface area contributed by atoms with Crippen molar-refractivity contribution in [2.45, 2.75) is 58.7 Å². The van der Waals surface area contributed by atoms with Crippen molar-refractivity contribution >= 4 is 0 Å². The van der Waals surface area contributed by atoms with E-state index in [2.05, 4.69) is 46.3 Å². The summed E-state index contributed by atoms with van der Waals surface area (Å²) in [4.78, 5) is 3.13. The molecular formula is C12H20N12. The average molecular weight is 332 g/mol. The second-order valence-electron chi connectivity index (χ2n) is 6.08. The number of aromatic nitrogens is 12. The van der Waals surface area contributed by atoms with Crippen LogP contribution >= 0.6 is 0 Å². The third-order valence-electron chi connectivity index (χ3n) is 3.57. The molecule has 3 aromatic heterocycles. The molecule has 24 heavy (non-hydrogen) atoms. The predicted octanol–water partition coefficient (Wildman–Crippen LogP) is -0.166. The van der Waals surface area contributed by atoms with E-state index < -0.39 is 0 Å². The van der Waals surface area contributed by atoms with Crippen LogP contribution in [0.15, 0.2) is 6.33 Å². The first-order valence-corrected chi connectivity index (χ1v) is 7.81. The molecule has 12 heteroatoms. The van der Waals surface area contributed by atoms with Crippen LogP contribution in [0.1, 0.15) is 57.3 Å². The van der Waals surface area contributed by atoms with Gasteiger partial charge in [-0.2, -0.15) is 9.59 Å².